The predicted octanol–water partition coefficient (Wildman–Crippen LogP) is 0.796. The number of rotatable bonds is 5. The van der Waals surface area contributed by atoms with Gasteiger partial charge in [0.05, 0.1) is 12.2 Å². The van der Waals surface area contributed by atoms with Gasteiger partial charge >= 0.3 is 0 Å². The van der Waals surface area contributed by atoms with E-state index in [0.717, 1.165) is 19.3 Å². The van der Waals surface area contributed by atoms with Crippen LogP contribution in [-0.2, 0) is 9.53 Å². The number of carbonyl (C=O) groups is 1. The second-order valence-corrected chi connectivity index (χ2v) is 6.88. The van der Waals surface area contributed by atoms with Crippen molar-refractivity contribution in [2.75, 3.05) is 13.2 Å². The second-order valence-electron chi connectivity index (χ2n) is 6.88. The van der Waals surface area contributed by atoms with Crippen LogP contribution in [0, 0.1) is 11.3 Å². The topological polar surface area (TPSA) is 84.6 Å². The number of ether oxygens (including phenoxy) is 1. The first-order valence-electron chi connectivity index (χ1n) is 7.68. The van der Waals surface area contributed by atoms with Crippen LogP contribution < -0.4 is 11.1 Å². The molecule has 4 N–H and O–H groups in total. The molecule has 5 nitrogen and oxygen atoms in total. The minimum absolute atomic E-state index is 0.0524. The summed E-state index contributed by atoms with van der Waals surface area (Å²) in [6.45, 7) is 7.21. The molecule has 4 atom stereocenters. The minimum atomic E-state index is -0.843. The first-order valence-corrected chi connectivity index (χ1v) is 7.68. The summed E-state index contributed by atoms with van der Waals surface area (Å²) >= 11 is 0. The molecule has 0 aromatic heterocycles. The van der Waals surface area contributed by atoms with E-state index in [0.29, 0.717) is 25.5 Å². The van der Waals surface area contributed by atoms with Crippen molar-refractivity contribution < 1.29 is 14.6 Å². The molecule has 0 aliphatic heterocycles. The Bertz CT molecular complexity index is 372. The number of hydrogen-bond acceptors (Lipinski definition) is 4. The van der Waals surface area contributed by atoms with Gasteiger partial charge in [-0.15, -0.1) is 0 Å². The SMILES string of the molecule is CCOC1CC(N)(C(=O)NCC2CCC(O)C2)C1(C)C. The van der Waals surface area contributed by atoms with Gasteiger partial charge in [0.2, 0.25) is 5.91 Å². The van der Waals surface area contributed by atoms with Gasteiger partial charge in [-0.1, -0.05) is 13.8 Å². The first kappa shape index (κ1) is 15.7. The molecule has 0 spiro atoms. The molecule has 0 aromatic rings. The Morgan fingerprint density at radius 2 is 2.15 bits per heavy atom. The molecule has 116 valence electrons. The van der Waals surface area contributed by atoms with Crippen molar-refractivity contribution >= 4 is 5.91 Å². The van der Waals surface area contributed by atoms with Gasteiger partial charge < -0.3 is 20.9 Å². The molecule has 4 unspecified atom stereocenters. The van der Waals surface area contributed by atoms with E-state index in [1.54, 1.807) is 0 Å². The third kappa shape index (κ3) is 2.59. The number of nitrogens with two attached hydrogens (primary N) is 1. The predicted molar refractivity (Wildman–Crippen MR) is 77.1 cm³/mol. The van der Waals surface area contributed by atoms with Crippen molar-refractivity contribution in [2.24, 2.45) is 17.1 Å². The van der Waals surface area contributed by atoms with Crippen molar-refractivity contribution in [3.8, 4) is 0 Å². The highest BCUT2D eigenvalue weighted by molar-refractivity contribution is 5.88. The largest absolute Gasteiger partial charge is 0.393 e. The number of aliphatic hydroxyl groups excluding tert-OH is 1. The van der Waals surface area contributed by atoms with Crippen LogP contribution in [0.5, 0.6) is 0 Å². The lowest BCUT2D eigenvalue weighted by molar-refractivity contribution is -0.170. The van der Waals surface area contributed by atoms with E-state index in [1.807, 2.05) is 20.8 Å². The molecule has 20 heavy (non-hydrogen) atoms. The van der Waals surface area contributed by atoms with Gasteiger partial charge in [-0.3, -0.25) is 4.79 Å². The summed E-state index contributed by atoms with van der Waals surface area (Å²) in [7, 11) is 0. The molecule has 0 bridgehead atoms. The molecule has 0 aromatic carbocycles. The van der Waals surface area contributed by atoms with Crippen LogP contribution in [-0.4, -0.2) is 41.9 Å². The maximum absolute atomic E-state index is 12.4. The smallest absolute Gasteiger partial charge is 0.240 e. The molecular weight excluding hydrogens is 256 g/mol. The van der Waals surface area contributed by atoms with Gasteiger partial charge in [0, 0.05) is 25.0 Å². The summed E-state index contributed by atoms with van der Waals surface area (Å²) in [4.78, 5) is 12.4. The third-order valence-electron chi connectivity index (χ3n) is 5.30. The zero-order chi connectivity index (χ0) is 15.0. The van der Waals surface area contributed by atoms with Gasteiger partial charge in [0.25, 0.3) is 0 Å². The summed E-state index contributed by atoms with van der Waals surface area (Å²) in [5.74, 6) is 0.295. The average Bonchev–Trinajstić information content (AvgIpc) is 2.81. The summed E-state index contributed by atoms with van der Waals surface area (Å²) in [6.07, 6.45) is 3.02. The molecule has 2 aliphatic rings. The van der Waals surface area contributed by atoms with E-state index in [9.17, 15) is 9.90 Å². The number of nitrogens with one attached hydrogen (secondary N) is 1. The van der Waals surface area contributed by atoms with Gasteiger partial charge in [0.1, 0.15) is 5.54 Å². The van der Waals surface area contributed by atoms with Crippen LogP contribution in [0.1, 0.15) is 46.5 Å². The molecule has 5 heteroatoms. The fraction of sp³-hybridized carbons (Fsp3) is 0.933. The van der Waals surface area contributed by atoms with E-state index in [2.05, 4.69) is 5.32 Å². The average molecular weight is 284 g/mol. The summed E-state index contributed by atoms with van der Waals surface area (Å²) < 4.78 is 5.64. The molecule has 2 rings (SSSR count). The van der Waals surface area contributed by atoms with Gasteiger partial charge in [-0.25, -0.2) is 0 Å². The summed E-state index contributed by atoms with van der Waals surface area (Å²) in [5, 5.41) is 12.5. The number of amides is 1. The molecule has 0 radical (unpaired) electrons. The van der Waals surface area contributed by atoms with Crippen molar-refractivity contribution in [3.05, 3.63) is 0 Å². The second kappa shape index (κ2) is 5.62. The van der Waals surface area contributed by atoms with Crippen LogP contribution in [0.4, 0.5) is 0 Å². The summed E-state index contributed by atoms with van der Waals surface area (Å²) in [5.41, 5.74) is 5.13. The van der Waals surface area contributed by atoms with E-state index in [1.165, 1.54) is 0 Å². The van der Waals surface area contributed by atoms with Crippen LogP contribution in [0.2, 0.25) is 0 Å². The Morgan fingerprint density at radius 3 is 2.65 bits per heavy atom. The lowest BCUT2D eigenvalue weighted by Crippen LogP contribution is -2.75. The number of aliphatic hydroxyl groups is 1. The Balaban J connectivity index is 1.86. The molecular formula is C15H28N2O3. The van der Waals surface area contributed by atoms with Gasteiger partial charge in [0.15, 0.2) is 0 Å². The molecule has 2 saturated carbocycles. The fourth-order valence-electron chi connectivity index (χ4n) is 3.45. The first-order chi connectivity index (χ1) is 9.31. The van der Waals surface area contributed by atoms with Crippen LogP contribution in [0.3, 0.4) is 0 Å². The summed E-state index contributed by atoms with van der Waals surface area (Å²) in [6, 6.07) is 0. The van der Waals surface area contributed by atoms with Gasteiger partial charge in [-0.05, 0) is 32.1 Å². The third-order valence-corrected chi connectivity index (χ3v) is 5.30. The monoisotopic (exact) mass is 284 g/mol. The highest BCUT2D eigenvalue weighted by Gasteiger charge is 2.62. The zero-order valence-corrected chi connectivity index (χ0v) is 12.8. The van der Waals surface area contributed by atoms with E-state index in [4.69, 9.17) is 10.5 Å². The Morgan fingerprint density at radius 1 is 1.45 bits per heavy atom. The van der Waals surface area contributed by atoms with Crippen molar-refractivity contribution in [1.29, 1.82) is 0 Å². The minimum Gasteiger partial charge on any atom is -0.393 e. The maximum atomic E-state index is 12.4. The standard InChI is InChI=1S/C15H28N2O3/c1-4-20-12-8-15(16,14(12,2)3)13(19)17-9-10-5-6-11(18)7-10/h10-12,18H,4-9,16H2,1-3H3,(H,17,19). The normalized spacial score (nSPS) is 39.4. The molecule has 1 amide bonds. The highest BCUT2D eigenvalue weighted by Crippen LogP contribution is 2.49. The Labute approximate surface area is 121 Å². The number of carbonyl (C=O) groups excluding carboxylic acids is 1. The van der Waals surface area contributed by atoms with Gasteiger partial charge in [-0.2, -0.15) is 0 Å². The molecule has 2 fully saturated rings. The van der Waals surface area contributed by atoms with E-state index < -0.39 is 5.54 Å². The molecule has 0 saturated heterocycles. The molecule has 2 aliphatic carbocycles. The number of hydrogen-bond donors (Lipinski definition) is 3. The van der Waals surface area contributed by atoms with Crippen LogP contribution >= 0.6 is 0 Å². The van der Waals surface area contributed by atoms with E-state index >= 15 is 0 Å². The Kier molecular flexibility index (Phi) is 4.42. The van der Waals surface area contributed by atoms with Crippen molar-refractivity contribution in [2.45, 2.75) is 64.2 Å². The zero-order valence-electron chi connectivity index (χ0n) is 12.8. The lowest BCUT2D eigenvalue weighted by atomic mass is 9.54. The lowest BCUT2D eigenvalue weighted by Gasteiger charge is -2.57. The quantitative estimate of drug-likeness (QED) is 0.697. The van der Waals surface area contributed by atoms with E-state index in [-0.39, 0.29) is 23.5 Å². The highest BCUT2D eigenvalue weighted by atomic mass is 16.5. The van der Waals surface area contributed by atoms with Crippen molar-refractivity contribution in [1.82, 2.24) is 5.32 Å². The molecule has 0 heterocycles. The fourth-order valence-corrected chi connectivity index (χ4v) is 3.45. The van der Waals surface area contributed by atoms with Crippen LogP contribution in [0.15, 0.2) is 0 Å². The van der Waals surface area contributed by atoms with Crippen LogP contribution in [0.25, 0.3) is 0 Å². The maximum Gasteiger partial charge on any atom is 0.240 e. The Hall–Kier alpha value is -0.650. The van der Waals surface area contributed by atoms with Crippen molar-refractivity contribution in [3.63, 3.8) is 0 Å².